The Bertz CT molecular complexity index is 161. The Hall–Kier alpha value is 0.440. The molecular formula is C13H25BrO. The minimum absolute atomic E-state index is 0.766. The molecule has 1 rings (SSSR count). The molecule has 0 aromatic carbocycles. The molecule has 0 aromatic heterocycles. The molecule has 0 aromatic rings. The molecule has 0 heterocycles. The summed E-state index contributed by atoms with van der Waals surface area (Å²) >= 11 is 3.84. The van der Waals surface area contributed by atoms with E-state index in [9.17, 15) is 0 Å². The molecule has 3 atom stereocenters. The lowest BCUT2D eigenvalue weighted by Crippen LogP contribution is -2.25. The van der Waals surface area contributed by atoms with Crippen LogP contribution in [0.2, 0.25) is 0 Å². The number of rotatable bonds is 6. The first-order valence-corrected chi connectivity index (χ1v) is 7.32. The summed E-state index contributed by atoms with van der Waals surface area (Å²) in [6.07, 6.45) is 9.59. The molecule has 15 heavy (non-hydrogen) atoms. The van der Waals surface area contributed by atoms with Crippen molar-refractivity contribution in [2.45, 2.75) is 56.7 Å². The summed E-state index contributed by atoms with van der Waals surface area (Å²) in [6.45, 7) is 3.23. The molecular weight excluding hydrogens is 252 g/mol. The van der Waals surface area contributed by atoms with Crippen molar-refractivity contribution in [1.29, 1.82) is 0 Å². The van der Waals surface area contributed by atoms with Crippen LogP contribution in [0.5, 0.6) is 0 Å². The third-order valence-electron chi connectivity index (χ3n) is 3.62. The van der Waals surface area contributed by atoms with Crippen molar-refractivity contribution >= 4 is 15.9 Å². The molecule has 1 aliphatic carbocycles. The van der Waals surface area contributed by atoms with Crippen LogP contribution >= 0.6 is 15.9 Å². The molecule has 1 nitrogen and oxygen atoms in total. The highest BCUT2D eigenvalue weighted by atomic mass is 79.9. The fourth-order valence-corrected chi connectivity index (χ4v) is 3.53. The van der Waals surface area contributed by atoms with E-state index < -0.39 is 0 Å². The van der Waals surface area contributed by atoms with Crippen molar-refractivity contribution in [3.8, 4) is 0 Å². The Kier molecular flexibility index (Phi) is 6.91. The predicted molar refractivity (Wildman–Crippen MR) is 69.6 cm³/mol. The third-order valence-corrected chi connectivity index (χ3v) is 4.82. The topological polar surface area (TPSA) is 9.23 Å². The van der Waals surface area contributed by atoms with E-state index >= 15 is 0 Å². The van der Waals surface area contributed by atoms with Crippen molar-refractivity contribution < 1.29 is 4.74 Å². The van der Waals surface area contributed by atoms with E-state index in [4.69, 9.17) is 4.74 Å². The van der Waals surface area contributed by atoms with Crippen LogP contribution in [0.1, 0.15) is 51.9 Å². The van der Waals surface area contributed by atoms with Gasteiger partial charge in [0.05, 0.1) is 0 Å². The van der Waals surface area contributed by atoms with Gasteiger partial charge in [0.25, 0.3) is 0 Å². The summed E-state index contributed by atoms with van der Waals surface area (Å²) < 4.78 is 5.13. The van der Waals surface area contributed by atoms with Crippen LogP contribution in [-0.2, 0) is 4.74 Å². The standard InChI is InChI=1S/C13H25BrO/c1-3-5-11-7-8-13(14)12(10-11)6-4-9-15-2/h11-13H,3-10H2,1-2H3. The number of halogens is 1. The first-order valence-electron chi connectivity index (χ1n) is 6.41. The van der Waals surface area contributed by atoms with Gasteiger partial charge in [0, 0.05) is 18.5 Å². The van der Waals surface area contributed by atoms with Gasteiger partial charge in [-0.3, -0.25) is 0 Å². The lowest BCUT2D eigenvalue weighted by atomic mass is 9.77. The second-order valence-electron chi connectivity index (χ2n) is 4.88. The Labute approximate surface area is 103 Å². The number of methoxy groups -OCH3 is 1. The van der Waals surface area contributed by atoms with Crippen LogP contribution in [0.4, 0.5) is 0 Å². The smallest absolute Gasteiger partial charge is 0.0462 e. The van der Waals surface area contributed by atoms with E-state index in [-0.39, 0.29) is 0 Å². The van der Waals surface area contributed by atoms with Gasteiger partial charge in [-0.05, 0) is 43.9 Å². The highest BCUT2D eigenvalue weighted by Crippen LogP contribution is 2.38. The number of hydrogen-bond acceptors (Lipinski definition) is 1. The lowest BCUT2D eigenvalue weighted by Gasteiger charge is -2.33. The average molecular weight is 277 g/mol. The second-order valence-corrected chi connectivity index (χ2v) is 6.06. The minimum atomic E-state index is 0.766. The molecule has 1 aliphatic rings. The van der Waals surface area contributed by atoms with Gasteiger partial charge in [0.15, 0.2) is 0 Å². The quantitative estimate of drug-likeness (QED) is 0.516. The van der Waals surface area contributed by atoms with Gasteiger partial charge in [-0.1, -0.05) is 35.7 Å². The van der Waals surface area contributed by atoms with E-state index in [2.05, 4.69) is 22.9 Å². The van der Waals surface area contributed by atoms with Crippen LogP contribution < -0.4 is 0 Å². The maximum atomic E-state index is 5.13. The highest BCUT2D eigenvalue weighted by Gasteiger charge is 2.27. The summed E-state index contributed by atoms with van der Waals surface area (Å²) in [4.78, 5) is 0.766. The monoisotopic (exact) mass is 276 g/mol. The predicted octanol–water partition coefficient (Wildman–Crippen LogP) is 4.39. The first kappa shape index (κ1) is 13.5. The highest BCUT2D eigenvalue weighted by molar-refractivity contribution is 9.09. The Morgan fingerprint density at radius 1 is 1.27 bits per heavy atom. The van der Waals surface area contributed by atoms with E-state index in [0.717, 1.165) is 23.3 Å². The Balaban J connectivity index is 2.26. The fraction of sp³-hybridized carbons (Fsp3) is 1.00. The summed E-state index contributed by atoms with van der Waals surface area (Å²) in [5, 5.41) is 0. The fourth-order valence-electron chi connectivity index (χ4n) is 2.78. The zero-order valence-electron chi connectivity index (χ0n) is 10.2. The third kappa shape index (κ3) is 4.86. The van der Waals surface area contributed by atoms with Gasteiger partial charge in [-0.2, -0.15) is 0 Å². The summed E-state index contributed by atoms with van der Waals surface area (Å²) in [5.41, 5.74) is 0. The van der Waals surface area contributed by atoms with E-state index in [1.165, 1.54) is 44.9 Å². The molecule has 90 valence electrons. The molecule has 0 bridgehead atoms. The van der Waals surface area contributed by atoms with E-state index in [1.54, 1.807) is 7.11 Å². The van der Waals surface area contributed by atoms with Crippen molar-refractivity contribution in [2.24, 2.45) is 11.8 Å². The minimum Gasteiger partial charge on any atom is -0.385 e. The first-order chi connectivity index (χ1) is 7.27. The molecule has 0 amide bonds. The largest absolute Gasteiger partial charge is 0.385 e. The van der Waals surface area contributed by atoms with Crippen molar-refractivity contribution in [2.75, 3.05) is 13.7 Å². The zero-order valence-corrected chi connectivity index (χ0v) is 11.8. The van der Waals surface area contributed by atoms with Crippen LogP contribution in [-0.4, -0.2) is 18.5 Å². The Morgan fingerprint density at radius 3 is 2.73 bits per heavy atom. The number of ether oxygens (including phenoxy) is 1. The van der Waals surface area contributed by atoms with Crippen LogP contribution in [0.3, 0.4) is 0 Å². The second kappa shape index (κ2) is 7.67. The molecule has 0 radical (unpaired) electrons. The van der Waals surface area contributed by atoms with Gasteiger partial charge >= 0.3 is 0 Å². The molecule has 1 fully saturated rings. The van der Waals surface area contributed by atoms with E-state index in [0.29, 0.717) is 0 Å². The molecule has 0 spiro atoms. The van der Waals surface area contributed by atoms with Gasteiger partial charge in [0.1, 0.15) is 0 Å². The number of alkyl halides is 1. The molecule has 0 saturated heterocycles. The van der Waals surface area contributed by atoms with Gasteiger partial charge in [-0.25, -0.2) is 0 Å². The normalized spacial score (nSPS) is 31.8. The van der Waals surface area contributed by atoms with Crippen molar-refractivity contribution in [3.63, 3.8) is 0 Å². The van der Waals surface area contributed by atoms with Crippen LogP contribution in [0, 0.1) is 11.8 Å². The molecule has 1 saturated carbocycles. The van der Waals surface area contributed by atoms with Gasteiger partial charge in [0.2, 0.25) is 0 Å². The summed E-state index contributed by atoms with van der Waals surface area (Å²) in [6, 6.07) is 0. The van der Waals surface area contributed by atoms with Gasteiger partial charge < -0.3 is 4.74 Å². The van der Waals surface area contributed by atoms with Gasteiger partial charge in [-0.15, -0.1) is 0 Å². The molecule has 3 unspecified atom stereocenters. The molecule has 0 aliphatic heterocycles. The number of hydrogen-bond donors (Lipinski definition) is 0. The van der Waals surface area contributed by atoms with Crippen LogP contribution in [0.15, 0.2) is 0 Å². The maximum absolute atomic E-state index is 5.13. The summed E-state index contributed by atoms with van der Waals surface area (Å²) in [7, 11) is 1.80. The molecule has 2 heteroatoms. The zero-order chi connectivity index (χ0) is 11.1. The Morgan fingerprint density at radius 2 is 2.07 bits per heavy atom. The average Bonchev–Trinajstić information content (AvgIpc) is 2.23. The van der Waals surface area contributed by atoms with Crippen molar-refractivity contribution in [3.05, 3.63) is 0 Å². The van der Waals surface area contributed by atoms with Crippen molar-refractivity contribution in [1.82, 2.24) is 0 Å². The molecule has 0 N–H and O–H groups in total. The van der Waals surface area contributed by atoms with E-state index in [1.807, 2.05) is 0 Å². The summed E-state index contributed by atoms with van der Waals surface area (Å²) in [5.74, 6) is 1.89. The van der Waals surface area contributed by atoms with Crippen LogP contribution in [0.25, 0.3) is 0 Å². The lowest BCUT2D eigenvalue weighted by molar-refractivity contribution is 0.175. The SMILES string of the molecule is CCCC1CCC(Br)C(CCCOC)C1. The maximum Gasteiger partial charge on any atom is 0.0462 e.